The molecule has 2 heterocycles. The summed E-state index contributed by atoms with van der Waals surface area (Å²) in [5.74, 6) is 1.24. The van der Waals surface area contributed by atoms with E-state index in [1.165, 1.54) is 12.8 Å². The van der Waals surface area contributed by atoms with Gasteiger partial charge in [0.1, 0.15) is 5.75 Å². The molecule has 1 saturated carbocycles. The molecule has 0 bridgehead atoms. The molecule has 2 aliphatic rings. The van der Waals surface area contributed by atoms with E-state index in [4.69, 9.17) is 9.47 Å². The van der Waals surface area contributed by atoms with E-state index in [0.29, 0.717) is 38.6 Å². The molecular weight excluding hydrogens is 408 g/mol. The van der Waals surface area contributed by atoms with Gasteiger partial charge in [-0.1, -0.05) is 12.1 Å². The summed E-state index contributed by atoms with van der Waals surface area (Å²) in [6.07, 6.45) is 7.87. The molecule has 8 heteroatoms. The van der Waals surface area contributed by atoms with E-state index in [1.54, 1.807) is 35.5 Å². The van der Waals surface area contributed by atoms with Gasteiger partial charge < -0.3 is 19.3 Å². The molecule has 0 radical (unpaired) electrons. The zero-order chi connectivity index (χ0) is 22.3. The zero-order valence-electron chi connectivity index (χ0n) is 18.5. The molecule has 1 aromatic carbocycles. The van der Waals surface area contributed by atoms with Crippen LogP contribution in [-0.2, 0) is 27.3 Å². The predicted octanol–water partition coefficient (Wildman–Crippen LogP) is 2.08. The van der Waals surface area contributed by atoms with Gasteiger partial charge in [0.05, 0.1) is 25.5 Å². The highest BCUT2D eigenvalue weighted by Gasteiger charge is 2.32. The summed E-state index contributed by atoms with van der Waals surface area (Å²) in [6.45, 7) is 2.10. The number of benzene rings is 1. The maximum absolute atomic E-state index is 13.1. The van der Waals surface area contributed by atoms with Gasteiger partial charge in [0, 0.05) is 51.3 Å². The standard InChI is InChI=1S/C24H30N4O4/c1-31-21-4-2-3-19(11-21)13-27-14-22(32-17-18-5-6-18)15-28(16-24(27)30)23(29)8-7-20-12-25-9-10-26-20/h2-4,9-12,18,22H,5-8,13-17H2,1H3/t22-/m0/s1. The van der Waals surface area contributed by atoms with Gasteiger partial charge in [-0.25, -0.2) is 0 Å². The lowest BCUT2D eigenvalue weighted by Gasteiger charge is -2.25. The van der Waals surface area contributed by atoms with Crippen LogP contribution in [0, 0.1) is 5.92 Å². The number of methoxy groups -OCH3 is 1. The van der Waals surface area contributed by atoms with Crippen molar-refractivity contribution in [3.63, 3.8) is 0 Å². The fourth-order valence-corrected chi connectivity index (χ4v) is 3.83. The Hall–Kier alpha value is -3.00. The van der Waals surface area contributed by atoms with Crippen LogP contribution in [0.4, 0.5) is 0 Å². The molecular formula is C24H30N4O4. The van der Waals surface area contributed by atoms with Gasteiger partial charge in [-0.15, -0.1) is 0 Å². The van der Waals surface area contributed by atoms with Crippen molar-refractivity contribution in [2.75, 3.05) is 33.4 Å². The number of hydrogen-bond donors (Lipinski definition) is 0. The van der Waals surface area contributed by atoms with E-state index in [2.05, 4.69) is 9.97 Å². The van der Waals surface area contributed by atoms with Gasteiger partial charge in [0.2, 0.25) is 11.8 Å². The van der Waals surface area contributed by atoms with Gasteiger partial charge in [-0.3, -0.25) is 19.6 Å². The Balaban J connectivity index is 1.43. The maximum atomic E-state index is 13.1. The van der Waals surface area contributed by atoms with Crippen molar-refractivity contribution < 1.29 is 19.1 Å². The predicted molar refractivity (Wildman–Crippen MR) is 118 cm³/mol. The van der Waals surface area contributed by atoms with E-state index in [-0.39, 0.29) is 30.9 Å². The Morgan fingerprint density at radius 3 is 2.84 bits per heavy atom. The Bertz CT molecular complexity index is 919. The highest BCUT2D eigenvalue weighted by atomic mass is 16.5. The lowest BCUT2D eigenvalue weighted by atomic mass is 10.2. The Kier molecular flexibility index (Phi) is 7.32. The lowest BCUT2D eigenvalue weighted by molar-refractivity contribution is -0.139. The second-order valence-electron chi connectivity index (χ2n) is 8.50. The summed E-state index contributed by atoms with van der Waals surface area (Å²) in [7, 11) is 1.63. The topological polar surface area (TPSA) is 84.9 Å². The second kappa shape index (κ2) is 10.5. The third-order valence-corrected chi connectivity index (χ3v) is 5.86. The molecule has 1 aliphatic heterocycles. The minimum Gasteiger partial charge on any atom is -0.497 e. The van der Waals surface area contributed by atoms with Crippen LogP contribution >= 0.6 is 0 Å². The van der Waals surface area contributed by atoms with Gasteiger partial charge in [0.15, 0.2) is 0 Å². The van der Waals surface area contributed by atoms with Crippen molar-refractivity contribution in [2.45, 2.75) is 38.3 Å². The van der Waals surface area contributed by atoms with Crippen molar-refractivity contribution in [1.29, 1.82) is 0 Å². The number of ether oxygens (including phenoxy) is 2. The Labute approximate surface area is 188 Å². The lowest BCUT2D eigenvalue weighted by Crippen LogP contribution is -2.40. The molecule has 0 spiro atoms. The first-order valence-corrected chi connectivity index (χ1v) is 11.2. The largest absolute Gasteiger partial charge is 0.497 e. The summed E-state index contributed by atoms with van der Waals surface area (Å²) in [4.78, 5) is 37.7. The van der Waals surface area contributed by atoms with Crippen LogP contribution in [0.5, 0.6) is 5.75 Å². The third-order valence-electron chi connectivity index (χ3n) is 5.86. The number of aryl methyl sites for hydroxylation is 1. The van der Waals surface area contributed by atoms with E-state index >= 15 is 0 Å². The summed E-state index contributed by atoms with van der Waals surface area (Å²) in [5, 5.41) is 0. The van der Waals surface area contributed by atoms with Crippen LogP contribution in [0.25, 0.3) is 0 Å². The highest BCUT2D eigenvalue weighted by Crippen LogP contribution is 2.29. The van der Waals surface area contributed by atoms with Gasteiger partial charge in [-0.2, -0.15) is 0 Å². The fourth-order valence-electron chi connectivity index (χ4n) is 3.83. The summed E-state index contributed by atoms with van der Waals surface area (Å²) >= 11 is 0. The molecule has 4 rings (SSSR count). The van der Waals surface area contributed by atoms with Crippen molar-refractivity contribution in [3.05, 3.63) is 54.1 Å². The van der Waals surface area contributed by atoms with E-state index in [0.717, 1.165) is 17.0 Å². The monoisotopic (exact) mass is 438 g/mol. The highest BCUT2D eigenvalue weighted by molar-refractivity contribution is 5.85. The fraction of sp³-hybridized carbons (Fsp3) is 0.500. The number of amides is 2. The maximum Gasteiger partial charge on any atom is 0.242 e. The quantitative estimate of drug-likeness (QED) is 0.596. The number of carbonyl (C=O) groups excluding carboxylic acids is 2. The van der Waals surface area contributed by atoms with E-state index in [9.17, 15) is 9.59 Å². The van der Waals surface area contributed by atoms with Crippen LogP contribution in [0.1, 0.15) is 30.5 Å². The smallest absolute Gasteiger partial charge is 0.242 e. The van der Waals surface area contributed by atoms with Crippen molar-refractivity contribution in [1.82, 2.24) is 19.8 Å². The van der Waals surface area contributed by atoms with Crippen molar-refractivity contribution in [2.24, 2.45) is 5.92 Å². The van der Waals surface area contributed by atoms with E-state index < -0.39 is 0 Å². The first kappa shape index (κ1) is 22.2. The van der Waals surface area contributed by atoms with Gasteiger partial charge in [0.25, 0.3) is 0 Å². The number of carbonyl (C=O) groups is 2. The van der Waals surface area contributed by atoms with Crippen LogP contribution in [0.2, 0.25) is 0 Å². The molecule has 2 fully saturated rings. The van der Waals surface area contributed by atoms with E-state index in [1.807, 2.05) is 24.3 Å². The third kappa shape index (κ3) is 6.26. The molecule has 0 N–H and O–H groups in total. The SMILES string of the molecule is COc1cccc(CN2C[C@H](OCC3CC3)CN(C(=O)CCc3cnccn3)CC2=O)c1. The molecule has 1 atom stereocenters. The minimum atomic E-state index is -0.201. The molecule has 2 aromatic rings. The molecule has 1 saturated heterocycles. The number of nitrogens with zero attached hydrogens (tertiary/aromatic N) is 4. The minimum absolute atomic E-state index is 0.0621. The molecule has 8 nitrogen and oxygen atoms in total. The van der Waals surface area contributed by atoms with Gasteiger partial charge in [-0.05, 0) is 42.9 Å². The Morgan fingerprint density at radius 2 is 2.09 bits per heavy atom. The van der Waals surface area contributed by atoms with Crippen LogP contribution in [-0.4, -0.2) is 71.0 Å². The molecule has 1 aromatic heterocycles. The first-order chi connectivity index (χ1) is 15.6. The number of hydrogen-bond acceptors (Lipinski definition) is 6. The van der Waals surface area contributed by atoms with Crippen molar-refractivity contribution >= 4 is 11.8 Å². The molecule has 170 valence electrons. The van der Waals surface area contributed by atoms with Crippen LogP contribution < -0.4 is 4.74 Å². The first-order valence-electron chi connectivity index (χ1n) is 11.2. The molecule has 32 heavy (non-hydrogen) atoms. The normalized spacial score (nSPS) is 19.0. The summed E-state index contributed by atoms with van der Waals surface area (Å²) < 4.78 is 11.5. The molecule has 0 unspecified atom stereocenters. The Morgan fingerprint density at radius 1 is 1.22 bits per heavy atom. The average Bonchev–Trinajstić information content (AvgIpc) is 3.66. The zero-order valence-corrected chi connectivity index (χ0v) is 18.5. The molecule has 1 aliphatic carbocycles. The summed E-state index contributed by atoms with van der Waals surface area (Å²) in [5.41, 5.74) is 1.75. The second-order valence-corrected chi connectivity index (χ2v) is 8.50. The number of aromatic nitrogens is 2. The van der Waals surface area contributed by atoms with Crippen LogP contribution in [0.15, 0.2) is 42.9 Å². The summed E-state index contributed by atoms with van der Waals surface area (Å²) in [6, 6.07) is 7.71. The average molecular weight is 439 g/mol. The van der Waals surface area contributed by atoms with Gasteiger partial charge >= 0.3 is 0 Å². The molecule has 2 amide bonds. The van der Waals surface area contributed by atoms with Crippen LogP contribution in [0.3, 0.4) is 0 Å². The number of rotatable bonds is 9. The van der Waals surface area contributed by atoms with Crippen molar-refractivity contribution in [3.8, 4) is 5.75 Å².